The molecule has 2 N–H and O–H groups in total. The number of nitro groups is 1. The molecule has 0 aliphatic heterocycles. The van der Waals surface area contributed by atoms with Gasteiger partial charge in [0.2, 0.25) is 0 Å². The lowest BCUT2D eigenvalue weighted by atomic mass is 10.2. The number of aromatic nitrogens is 1. The fourth-order valence-electron chi connectivity index (χ4n) is 1.24. The summed E-state index contributed by atoms with van der Waals surface area (Å²) in [6.07, 6.45) is 0. The minimum atomic E-state index is -0.466. The lowest BCUT2D eigenvalue weighted by Gasteiger charge is -1.91. The summed E-state index contributed by atoms with van der Waals surface area (Å²) in [5.74, 6) is 0. The molecule has 1 aromatic heterocycles. The second kappa shape index (κ2) is 3.08. The van der Waals surface area contributed by atoms with E-state index in [-0.39, 0.29) is 12.2 Å². The number of fused-ring (bicyclic) bond motifs is 1. The highest BCUT2D eigenvalue weighted by Crippen LogP contribution is 2.23. The van der Waals surface area contributed by atoms with Crippen molar-refractivity contribution in [1.82, 2.24) is 5.16 Å². The molecule has 6 heteroatoms. The van der Waals surface area contributed by atoms with Gasteiger partial charge in [0.25, 0.3) is 5.69 Å². The van der Waals surface area contributed by atoms with E-state index in [2.05, 4.69) is 5.16 Å². The Morgan fingerprint density at radius 1 is 1.57 bits per heavy atom. The highest BCUT2D eigenvalue weighted by molar-refractivity contribution is 5.81. The molecule has 14 heavy (non-hydrogen) atoms. The van der Waals surface area contributed by atoms with Crippen LogP contribution in [0.25, 0.3) is 11.0 Å². The summed E-state index contributed by atoms with van der Waals surface area (Å²) in [5.41, 5.74) is 6.45. The fraction of sp³-hybridized carbons (Fsp3) is 0.125. The van der Waals surface area contributed by atoms with E-state index in [1.165, 1.54) is 18.2 Å². The summed E-state index contributed by atoms with van der Waals surface area (Å²) in [4.78, 5) is 10.0. The van der Waals surface area contributed by atoms with Gasteiger partial charge in [0.15, 0.2) is 5.58 Å². The second-order valence-electron chi connectivity index (χ2n) is 2.77. The van der Waals surface area contributed by atoms with Crippen LogP contribution in [-0.4, -0.2) is 10.1 Å². The Hall–Kier alpha value is -1.95. The van der Waals surface area contributed by atoms with Crippen LogP contribution in [-0.2, 0) is 6.54 Å². The van der Waals surface area contributed by atoms with Crippen LogP contribution in [0.5, 0.6) is 0 Å². The third-order valence-electron chi connectivity index (χ3n) is 1.93. The molecule has 1 heterocycles. The molecule has 0 spiro atoms. The van der Waals surface area contributed by atoms with Gasteiger partial charge in [0, 0.05) is 18.7 Å². The summed E-state index contributed by atoms with van der Waals surface area (Å²) in [7, 11) is 0. The molecule has 0 unspecified atom stereocenters. The van der Waals surface area contributed by atoms with E-state index in [0.717, 1.165) is 0 Å². The van der Waals surface area contributed by atoms with Gasteiger partial charge >= 0.3 is 0 Å². The normalized spacial score (nSPS) is 10.6. The molecule has 1 aromatic carbocycles. The quantitative estimate of drug-likeness (QED) is 0.571. The Balaban J connectivity index is 2.67. The Kier molecular flexibility index (Phi) is 1.90. The average molecular weight is 193 g/mol. The summed E-state index contributed by atoms with van der Waals surface area (Å²) >= 11 is 0. The third kappa shape index (κ3) is 1.21. The zero-order valence-corrected chi connectivity index (χ0v) is 7.14. The fourth-order valence-corrected chi connectivity index (χ4v) is 1.24. The first kappa shape index (κ1) is 8.64. The number of rotatable bonds is 2. The summed E-state index contributed by atoms with van der Waals surface area (Å²) in [6.45, 7) is 0.203. The van der Waals surface area contributed by atoms with Gasteiger partial charge in [0.05, 0.1) is 10.3 Å². The molecule has 0 aliphatic carbocycles. The maximum atomic E-state index is 10.5. The molecule has 6 nitrogen and oxygen atoms in total. The number of hydrogen-bond donors (Lipinski definition) is 1. The Morgan fingerprint density at radius 3 is 3.00 bits per heavy atom. The smallest absolute Gasteiger partial charge is 0.270 e. The first-order valence-corrected chi connectivity index (χ1v) is 3.95. The first-order chi connectivity index (χ1) is 6.72. The monoisotopic (exact) mass is 193 g/mol. The van der Waals surface area contributed by atoms with E-state index >= 15 is 0 Å². The molecule has 0 radical (unpaired) electrons. The van der Waals surface area contributed by atoms with Gasteiger partial charge in [-0.15, -0.1) is 0 Å². The maximum Gasteiger partial charge on any atom is 0.270 e. The van der Waals surface area contributed by atoms with Crippen LogP contribution in [0.3, 0.4) is 0 Å². The van der Waals surface area contributed by atoms with Crippen LogP contribution < -0.4 is 5.73 Å². The molecule has 0 amide bonds. The van der Waals surface area contributed by atoms with Gasteiger partial charge in [-0.2, -0.15) is 0 Å². The van der Waals surface area contributed by atoms with Crippen molar-refractivity contribution in [3.63, 3.8) is 0 Å². The Bertz CT molecular complexity index is 492. The van der Waals surface area contributed by atoms with E-state index in [1.54, 1.807) is 0 Å². The number of nitro benzene ring substituents is 1. The minimum absolute atomic E-state index is 0.00963. The second-order valence-corrected chi connectivity index (χ2v) is 2.77. The molecule has 72 valence electrons. The number of nitrogens with zero attached hydrogens (tertiary/aromatic N) is 2. The van der Waals surface area contributed by atoms with Gasteiger partial charge in [-0.05, 0) is 6.07 Å². The zero-order valence-electron chi connectivity index (χ0n) is 7.14. The van der Waals surface area contributed by atoms with E-state index in [9.17, 15) is 10.1 Å². The van der Waals surface area contributed by atoms with Crippen molar-refractivity contribution in [3.05, 3.63) is 34.0 Å². The van der Waals surface area contributed by atoms with Crippen molar-refractivity contribution in [2.75, 3.05) is 0 Å². The highest BCUT2D eigenvalue weighted by Gasteiger charge is 2.12. The van der Waals surface area contributed by atoms with Crippen LogP contribution in [0.15, 0.2) is 22.7 Å². The molecule has 0 bridgehead atoms. The number of benzene rings is 1. The predicted octanol–water partition coefficient (Wildman–Crippen LogP) is 1.19. The lowest BCUT2D eigenvalue weighted by Crippen LogP contribution is -1.96. The highest BCUT2D eigenvalue weighted by atomic mass is 16.6. The molecule has 2 rings (SSSR count). The van der Waals surface area contributed by atoms with Gasteiger partial charge < -0.3 is 10.3 Å². The summed E-state index contributed by atoms with van der Waals surface area (Å²) in [6, 6.07) is 4.29. The van der Waals surface area contributed by atoms with Gasteiger partial charge in [-0.1, -0.05) is 5.16 Å². The molecule has 2 aromatic rings. The van der Waals surface area contributed by atoms with Crippen LogP contribution in [0, 0.1) is 10.1 Å². The molecule has 0 saturated carbocycles. The number of non-ortho nitro benzene ring substituents is 1. The van der Waals surface area contributed by atoms with E-state index in [1.807, 2.05) is 0 Å². The molecular formula is C8H7N3O3. The number of nitrogens with two attached hydrogens (primary N) is 1. The van der Waals surface area contributed by atoms with Crippen molar-refractivity contribution < 1.29 is 9.45 Å². The maximum absolute atomic E-state index is 10.5. The first-order valence-electron chi connectivity index (χ1n) is 3.95. The Morgan fingerprint density at radius 2 is 2.36 bits per heavy atom. The van der Waals surface area contributed by atoms with Crippen LogP contribution in [0.4, 0.5) is 5.69 Å². The van der Waals surface area contributed by atoms with E-state index in [4.69, 9.17) is 10.3 Å². The molecule has 0 atom stereocenters. The SMILES string of the molecule is NCc1noc2ccc([N+](=O)[O-])cc12. The number of hydrogen-bond acceptors (Lipinski definition) is 5. The van der Waals surface area contributed by atoms with Crippen LogP contribution >= 0.6 is 0 Å². The van der Waals surface area contributed by atoms with Crippen LogP contribution in [0.2, 0.25) is 0 Å². The van der Waals surface area contributed by atoms with Gasteiger partial charge in [-0.3, -0.25) is 10.1 Å². The third-order valence-corrected chi connectivity index (χ3v) is 1.93. The molecular weight excluding hydrogens is 186 g/mol. The van der Waals surface area contributed by atoms with Crippen molar-refractivity contribution in [2.24, 2.45) is 5.73 Å². The lowest BCUT2D eigenvalue weighted by molar-refractivity contribution is -0.384. The minimum Gasteiger partial charge on any atom is -0.356 e. The van der Waals surface area contributed by atoms with E-state index < -0.39 is 4.92 Å². The van der Waals surface area contributed by atoms with Gasteiger partial charge in [0.1, 0.15) is 5.69 Å². The predicted molar refractivity (Wildman–Crippen MR) is 48.6 cm³/mol. The van der Waals surface area contributed by atoms with Gasteiger partial charge in [-0.25, -0.2) is 0 Å². The van der Waals surface area contributed by atoms with Crippen molar-refractivity contribution in [1.29, 1.82) is 0 Å². The molecule has 0 fully saturated rings. The summed E-state index contributed by atoms with van der Waals surface area (Å²) < 4.78 is 4.92. The molecule has 0 saturated heterocycles. The molecule has 0 aliphatic rings. The topological polar surface area (TPSA) is 95.2 Å². The Labute approximate surface area is 78.4 Å². The standard InChI is InChI=1S/C8H7N3O3/c9-4-7-6-3-5(11(12)13)1-2-8(6)14-10-7/h1-3H,4,9H2. The van der Waals surface area contributed by atoms with Crippen molar-refractivity contribution in [3.8, 4) is 0 Å². The van der Waals surface area contributed by atoms with Crippen molar-refractivity contribution >= 4 is 16.7 Å². The average Bonchev–Trinajstić information content (AvgIpc) is 2.59. The van der Waals surface area contributed by atoms with E-state index in [0.29, 0.717) is 16.7 Å². The largest absolute Gasteiger partial charge is 0.356 e. The zero-order chi connectivity index (χ0) is 10.1. The summed E-state index contributed by atoms with van der Waals surface area (Å²) in [5, 5.41) is 14.8. The van der Waals surface area contributed by atoms with Crippen LogP contribution in [0.1, 0.15) is 5.69 Å². The van der Waals surface area contributed by atoms with Crippen molar-refractivity contribution in [2.45, 2.75) is 6.54 Å².